The Morgan fingerprint density at radius 3 is 2.23 bits per heavy atom. The number of carbonyl (C=O) groups is 2. The third-order valence-corrected chi connectivity index (χ3v) is 4.24. The molecule has 2 rings (SSSR count). The molecule has 2 aromatic carbocycles. The summed E-state index contributed by atoms with van der Waals surface area (Å²) in [5.74, 6) is -1.23. The average molecular weight is 414 g/mol. The summed E-state index contributed by atoms with van der Waals surface area (Å²) in [6.07, 6.45) is -0.695. The van der Waals surface area contributed by atoms with Gasteiger partial charge in [0.1, 0.15) is 5.60 Å². The summed E-state index contributed by atoms with van der Waals surface area (Å²) in [6.45, 7) is 5.10. The zero-order valence-corrected chi connectivity index (χ0v) is 17.2. The molecule has 8 heteroatoms. The minimum Gasteiger partial charge on any atom is -0.458 e. The fourth-order valence-electron chi connectivity index (χ4n) is 2.76. The van der Waals surface area contributed by atoms with Gasteiger partial charge in [-0.25, -0.2) is 4.79 Å². The SMILES string of the molecule is CC(C)(C)OC(=O)[C@@H](NC(=O)c1ccccc1)[C@H](O)CCc1ccc([N+](=O)[O-])cc1. The summed E-state index contributed by atoms with van der Waals surface area (Å²) < 4.78 is 5.36. The van der Waals surface area contributed by atoms with Gasteiger partial charge in [-0.3, -0.25) is 14.9 Å². The van der Waals surface area contributed by atoms with E-state index in [4.69, 9.17) is 4.74 Å². The van der Waals surface area contributed by atoms with Crippen LogP contribution in [0.1, 0.15) is 43.1 Å². The summed E-state index contributed by atoms with van der Waals surface area (Å²) >= 11 is 0. The Morgan fingerprint density at radius 1 is 1.10 bits per heavy atom. The third-order valence-electron chi connectivity index (χ3n) is 4.24. The standard InChI is InChI=1S/C22H26N2O6/c1-22(2,3)30-21(27)19(23-20(26)16-7-5-4-6-8-16)18(25)14-11-15-9-12-17(13-10-15)24(28)29/h4-10,12-13,18-19,25H,11,14H2,1-3H3,(H,23,26)/t18-,19+/m1/s1. The van der Waals surface area contributed by atoms with E-state index in [1.54, 1.807) is 63.2 Å². The van der Waals surface area contributed by atoms with Gasteiger partial charge in [0.25, 0.3) is 11.6 Å². The number of carbonyl (C=O) groups excluding carboxylic acids is 2. The lowest BCUT2D eigenvalue weighted by molar-refractivity contribution is -0.384. The van der Waals surface area contributed by atoms with E-state index in [1.165, 1.54) is 12.1 Å². The van der Waals surface area contributed by atoms with Crippen molar-refractivity contribution < 1.29 is 24.4 Å². The summed E-state index contributed by atoms with van der Waals surface area (Å²) in [5.41, 5.74) is 0.303. The lowest BCUT2D eigenvalue weighted by Crippen LogP contribution is -2.51. The van der Waals surface area contributed by atoms with Gasteiger partial charge in [-0.15, -0.1) is 0 Å². The molecule has 0 saturated heterocycles. The van der Waals surface area contributed by atoms with E-state index in [0.717, 1.165) is 5.56 Å². The van der Waals surface area contributed by atoms with Crippen molar-refractivity contribution in [1.29, 1.82) is 0 Å². The molecule has 0 radical (unpaired) electrons. The van der Waals surface area contributed by atoms with Crippen molar-refractivity contribution in [3.05, 3.63) is 75.8 Å². The molecule has 0 spiro atoms. The molecule has 0 aliphatic rings. The van der Waals surface area contributed by atoms with E-state index in [9.17, 15) is 24.8 Å². The molecule has 30 heavy (non-hydrogen) atoms. The molecule has 0 aliphatic carbocycles. The van der Waals surface area contributed by atoms with Gasteiger partial charge in [0.2, 0.25) is 0 Å². The van der Waals surface area contributed by atoms with Crippen LogP contribution in [0.3, 0.4) is 0 Å². The number of nitro benzene ring substituents is 1. The summed E-state index contributed by atoms with van der Waals surface area (Å²) in [5, 5.41) is 24.0. The number of nitrogens with zero attached hydrogens (tertiary/aromatic N) is 1. The molecule has 0 aliphatic heterocycles. The Hall–Kier alpha value is -3.26. The number of non-ortho nitro benzene ring substituents is 1. The van der Waals surface area contributed by atoms with Crippen LogP contribution in [0.15, 0.2) is 54.6 Å². The van der Waals surface area contributed by atoms with Crippen LogP contribution in [0.5, 0.6) is 0 Å². The molecule has 1 amide bonds. The summed E-state index contributed by atoms with van der Waals surface area (Å²) in [6, 6.07) is 13.1. The highest BCUT2D eigenvalue weighted by atomic mass is 16.6. The molecule has 0 saturated carbocycles. The number of hydrogen-bond acceptors (Lipinski definition) is 6. The number of amides is 1. The van der Waals surface area contributed by atoms with Crippen molar-refractivity contribution in [2.45, 2.75) is 51.4 Å². The van der Waals surface area contributed by atoms with Gasteiger partial charge in [-0.05, 0) is 51.3 Å². The number of rotatable bonds is 8. The van der Waals surface area contributed by atoms with Crippen molar-refractivity contribution in [3.63, 3.8) is 0 Å². The number of benzene rings is 2. The highest BCUT2D eigenvalue weighted by Gasteiger charge is 2.32. The van der Waals surface area contributed by atoms with Gasteiger partial charge in [-0.2, -0.15) is 0 Å². The van der Waals surface area contributed by atoms with E-state index in [-0.39, 0.29) is 12.1 Å². The Bertz CT molecular complexity index is 875. The first-order valence-electron chi connectivity index (χ1n) is 9.57. The lowest BCUT2D eigenvalue weighted by atomic mass is 10.0. The third kappa shape index (κ3) is 6.97. The normalized spacial score (nSPS) is 13.2. The Balaban J connectivity index is 2.10. The zero-order valence-electron chi connectivity index (χ0n) is 17.2. The van der Waals surface area contributed by atoms with Crippen LogP contribution in [-0.4, -0.2) is 39.7 Å². The number of ether oxygens (including phenoxy) is 1. The molecule has 0 bridgehead atoms. The van der Waals surface area contributed by atoms with Gasteiger partial charge < -0.3 is 15.2 Å². The number of esters is 1. The zero-order chi connectivity index (χ0) is 22.3. The topological polar surface area (TPSA) is 119 Å². The largest absolute Gasteiger partial charge is 0.458 e. The van der Waals surface area contributed by atoms with Gasteiger partial charge >= 0.3 is 5.97 Å². The monoisotopic (exact) mass is 414 g/mol. The predicted molar refractivity (Wildman–Crippen MR) is 111 cm³/mol. The summed E-state index contributed by atoms with van der Waals surface area (Å²) in [4.78, 5) is 35.4. The van der Waals surface area contributed by atoms with E-state index in [0.29, 0.717) is 12.0 Å². The Labute approximate surface area is 175 Å². The highest BCUT2D eigenvalue weighted by Crippen LogP contribution is 2.16. The molecule has 2 aromatic rings. The first-order chi connectivity index (χ1) is 14.1. The van der Waals surface area contributed by atoms with E-state index in [1.807, 2.05) is 0 Å². The number of aryl methyl sites for hydroxylation is 1. The fourth-order valence-corrected chi connectivity index (χ4v) is 2.76. The smallest absolute Gasteiger partial charge is 0.331 e. The average Bonchev–Trinajstić information content (AvgIpc) is 2.69. The molecule has 0 unspecified atom stereocenters. The second-order valence-corrected chi connectivity index (χ2v) is 7.88. The van der Waals surface area contributed by atoms with E-state index < -0.39 is 34.5 Å². The molecule has 0 fully saturated rings. The maximum Gasteiger partial charge on any atom is 0.331 e. The van der Waals surface area contributed by atoms with Gasteiger partial charge in [0.05, 0.1) is 11.0 Å². The molecular formula is C22H26N2O6. The number of hydrogen-bond donors (Lipinski definition) is 2. The molecule has 2 atom stereocenters. The number of aliphatic hydroxyl groups is 1. The number of aliphatic hydroxyl groups excluding tert-OH is 1. The Kier molecular flexibility index (Phi) is 7.66. The molecule has 8 nitrogen and oxygen atoms in total. The van der Waals surface area contributed by atoms with Crippen LogP contribution in [0, 0.1) is 10.1 Å². The van der Waals surface area contributed by atoms with Crippen molar-refractivity contribution in [3.8, 4) is 0 Å². The second-order valence-electron chi connectivity index (χ2n) is 7.88. The van der Waals surface area contributed by atoms with E-state index >= 15 is 0 Å². The first kappa shape index (κ1) is 23.0. The maximum atomic E-state index is 12.6. The van der Waals surface area contributed by atoms with Crippen LogP contribution in [0.25, 0.3) is 0 Å². The lowest BCUT2D eigenvalue weighted by Gasteiger charge is -2.27. The molecular weight excluding hydrogens is 388 g/mol. The summed E-state index contributed by atoms with van der Waals surface area (Å²) in [7, 11) is 0. The fraction of sp³-hybridized carbons (Fsp3) is 0.364. The van der Waals surface area contributed by atoms with Gasteiger partial charge in [0, 0.05) is 17.7 Å². The van der Waals surface area contributed by atoms with Crippen molar-refractivity contribution in [1.82, 2.24) is 5.32 Å². The maximum absolute atomic E-state index is 12.6. The van der Waals surface area contributed by atoms with Crippen LogP contribution >= 0.6 is 0 Å². The van der Waals surface area contributed by atoms with Crippen molar-refractivity contribution in [2.75, 3.05) is 0 Å². The minimum atomic E-state index is -1.25. The number of nitro groups is 1. The van der Waals surface area contributed by atoms with Crippen LogP contribution in [-0.2, 0) is 16.0 Å². The highest BCUT2D eigenvalue weighted by molar-refractivity contribution is 5.96. The first-order valence-corrected chi connectivity index (χ1v) is 9.57. The van der Waals surface area contributed by atoms with E-state index in [2.05, 4.69) is 5.32 Å². The molecule has 160 valence electrons. The Morgan fingerprint density at radius 2 is 1.70 bits per heavy atom. The van der Waals surface area contributed by atoms with Crippen LogP contribution in [0.4, 0.5) is 5.69 Å². The van der Waals surface area contributed by atoms with Crippen LogP contribution in [0.2, 0.25) is 0 Å². The predicted octanol–water partition coefficient (Wildman–Crippen LogP) is 3.03. The second kappa shape index (κ2) is 9.98. The van der Waals surface area contributed by atoms with Crippen LogP contribution < -0.4 is 5.32 Å². The minimum absolute atomic E-state index is 0.0268. The molecule has 0 heterocycles. The van der Waals surface area contributed by atoms with Gasteiger partial charge in [0.15, 0.2) is 6.04 Å². The van der Waals surface area contributed by atoms with Crippen molar-refractivity contribution >= 4 is 17.6 Å². The van der Waals surface area contributed by atoms with Gasteiger partial charge in [-0.1, -0.05) is 30.3 Å². The molecule has 0 aromatic heterocycles. The number of nitrogens with one attached hydrogen (secondary N) is 1. The van der Waals surface area contributed by atoms with Crippen molar-refractivity contribution in [2.24, 2.45) is 0 Å². The quantitative estimate of drug-likeness (QED) is 0.389. The molecule has 2 N–H and O–H groups in total.